The smallest absolute Gasteiger partial charge is 0.326 e. The summed E-state index contributed by atoms with van der Waals surface area (Å²) in [5, 5.41) is 13.9. The molecule has 1 aromatic heterocycles. The van der Waals surface area contributed by atoms with Crippen molar-refractivity contribution in [3.63, 3.8) is 0 Å². The molecule has 7 nitrogen and oxygen atoms in total. The van der Waals surface area contributed by atoms with Crippen LogP contribution in [0.2, 0.25) is 0 Å². The van der Waals surface area contributed by atoms with Crippen LogP contribution >= 0.6 is 0 Å². The minimum atomic E-state index is -0.830. The molecule has 7 heteroatoms. The Morgan fingerprint density at radius 3 is 2.38 bits per heavy atom. The van der Waals surface area contributed by atoms with Crippen LogP contribution in [0.25, 0.3) is 5.57 Å². The zero-order valence-electron chi connectivity index (χ0n) is 17.3. The molecule has 3 amide bonds. The van der Waals surface area contributed by atoms with Gasteiger partial charge in [0.2, 0.25) is 0 Å². The van der Waals surface area contributed by atoms with E-state index in [-0.39, 0.29) is 6.42 Å². The van der Waals surface area contributed by atoms with E-state index in [0.29, 0.717) is 24.1 Å². The van der Waals surface area contributed by atoms with Crippen LogP contribution in [0.15, 0.2) is 85.2 Å². The van der Waals surface area contributed by atoms with E-state index in [0.717, 1.165) is 16.7 Å². The molecule has 0 unspecified atom stereocenters. The first-order chi connectivity index (χ1) is 15.5. The number of rotatable bonds is 8. The molecule has 1 heterocycles. The van der Waals surface area contributed by atoms with Gasteiger partial charge >= 0.3 is 12.0 Å². The lowest BCUT2D eigenvalue weighted by molar-refractivity contribution is -0.137. The summed E-state index contributed by atoms with van der Waals surface area (Å²) in [6, 6.07) is 18.8. The van der Waals surface area contributed by atoms with Crippen LogP contribution < -0.4 is 10.6 Å². The number of hydrogen-bond acceptors (Lipinski definition) is 4. The molecule has 0 atom stereocenters. The molecule has 3 aromatic rings. The van der Waals surface area contributed by atoms with Crippen molar-refractivity contribution in [3.8, 4) is 0 Å². The number of aliphatic carboxylic acids is 1. The minimum absolute atomic E-state index is 0.0913. The third kappa shape index (κ3) is 6.63. The molecule has 3 rings (SSSR count). The van der Waals surface area contributed by atoms with Gasteiger partial charge in [-0.3, -0.25) is 19.9 Å². The maximum atomic E-state index is 12.3. The van der Waals surface area contributed by atoms with E-state index in [1.165, 1.54) is 0 Å². The van der Waals surface area contributed by atoms with E-state index < -0.39 is 17.9 Å². The number of amides is 3. The zero-order chi connectivity index (χ0) is 22.8. The Kier molecular flexibility index (Phi) is 7.86. The number of benzene rings is 2. The van der Waals surface area contributed by atoms with Gasteiger partial charge in [0, 0.05) is 35.6 Å². The van der Waals surface area contributed by atoms with E-state index in [1.807, 2.05) is 24.3 Å². The quantitative estimate of drug-likeness (QED) is 0.449. The number of carbonyl (C=O) groups excluding carboxylic acids is 2. The highest BCUT2D eigenvalue weighted by Gasteiger charge is 2.11. The summed E-state index contributed by atoms with van der Waals surface area (Å²) in [7, 11) is 0. The topological polar surface area (TPSA) is 108 Å². The van der Waals surface area contributed by atoms with Crippen LogP contribution in [0.3, 0.4) is 0 Å². The Labute approximate surface area is 185 Å². The lowest BCUT2D eigenvalue weighted by Crippen LogP contribution is -2.34. The number of imide groups is 1. The number of aromatic nitrogens is 1. The van der Waals surface area contributed by atoms with Gasteiger partial charge in [0.15, 0.2) is 0 Å². The number of unbranched alkanes of at least 4 members (excludes halogenated alkanes) is 1. The Hall–Kier alpha value is -4.26. The second kappa shape index (κ2) is 11.2. The molecule has 0 fully saturated rings. The van der Waals surface area contributed by atoms with Crippen LogP contribution in [0.1, 0.15) is 40.7 Å². The zero-order valence-corrected chi connectivity index (χ0v) is 17.3. The highest BCUT2D eigenvalue weighted by molar-refractivity contribution is 6.08. The Bertz CT molecular complexity index is 1110. The van der Waals surface area contributed by atoms with Crippen molar-refractivity contribution in [2.45, 2.75) is 19.3 Å². The predicted molar refractivity (Wildman–Crippen MR) is 122 cm³/mol. The van der Waals surface area contributed by atoms with E-state index in [1.54, 1.807) is 60.9 Å². The number of anilines is 1. The average Bonchev–Trinajstić information content (AvgIpc) is 2.80. The number of allylic oxidation sites excluding steroid dienone is 1. The third-order valence-corrected chi connectivity index (χ3v) is 4.61. The maximum Gasteiger partial charge on any atom is 0.326 e. The Balaban J connectivity index is 1.75. The number of carboxylic acid groups (broad SMARTS) is 1. The third-order valence-electron chi connectivity index (χ3n) is 4.61. The maximum absolute atomic E-state index is 12.3. The van der Waals surface area contributed by atoms with Gasteiger partial charge < -0.3 is 10.4 Å². The van der Waals surface area contributed by atoms with E-state index in [2.05, 4.69) is 15.6 Å². The van der Waals surface area contributed by atoms with Gasteiger partial charge in [-0.1, -0.05) is 42.5 Å². The Morgan fingerprint density at radius 1 is 0.906 bits per heavy atom. The first-order valence-corrected chi connectivity index (χ1v) is 10.1. The average molecular weight is 429 g/mol. The molecule has 0 aliphatic rings. The van der Waals surface area contributed by atoms with Gasteiger partial charge in [-0.15, -0.1) is 0 Å². The number of pyridine rings is 1. The summed E-state index contributed by atoms with van der Waals surface area (Å²) in [6.07, 6.45) is 6.57. The van der Waals surface area contributed by atoms with Crippen molar-refractivity contribution < 1.29 is 19.5 Å². The number of urea groups is 1. The second-order valence-electron chi connectivity index (χ2n) is 7.00. The predicted octanol–water partition coefficient (Wildman–Crippen LogP) is 4.73. The van der Waals surface area contributed by atoms with E-state index >= 15 is 0 Å². The van der Waals surface area contributed by atoms with Crippen molar-refractivity contribution in [1.82, 2.24) is 10.3 Å². The lowest BCUT2D eigenvalue weighted by atomic mass is 9.97. The fourth-order valence-electron chi connectivity index (χ4n) is 3.12. The fourth-order valence-corrected chi connectivity index (χ4v) is 3.12. The normalized spacial score (nSPS) is 10.9. The molecule has 0 saturated heterocycles. The van der Waals surface area contributed by atoms with Gasteiger partial charge in [-0.25, -0.2) is 4.79 Å². The van der Waals surface area contributed by atoms with Crippen molar-refractivity contribution in [3.05, 3.63) is 102 Å². The summed E-state index contributed by atoms with van der Waals surface area (Å²) >= 11 is 0. The molecular weight excluding hydrogens is 406 g/mol. The number of hydrogen-bond donors (Lipinski definition) is 3. The van der Waals surface area contributed by atoms with Crippen molar-refractivity contribution in [1.29, 1.82) is 0 Å². The fraction of sp³-hybridized carbons (Fsp3) is 0.120. The molecule has 2 aromatic carbocycles. The summed E-state index contributed by atoms with van der Waals surface area (Å²) in [5.41, 5.74) is 3.50. The van der Waals surface area contributed by atoms with Crippen LogP contribution in [0, 0.1) is 0 Å². The van der Waals surface area contributed by atoms with Crippen LogP contribution in [-0.2, 0) is 4.79 Å². The molecule has 0 aliphatic heterocycles. The molecule has 32 heavy (non-hydrogen) atoms. The standard InChI is InChI=1S/C25H23N3O4/c29-23(30)14-5-4-13-22(20-11-7-15-26-17-20)19-10-6-12-21(16-19)27-25(32)28-24(31)18-8-2-1-3-9-18/h1-3,6-13,15-17H,4-5,14H2,(H,29,30)(H2,27,28,31,32)/b22-13-. The first-order valence-electron chi connectivity index (χ1n) is 10.1. The molecule has 0 bridgehead atoms. The summed E-state index contributed by atoms with van der Waals surface area (Å²) in [6.45, 7) is 0. The summed E-state index contributed by atoms with van der Waals surface area (Å²) < 4.78 is 0. The molecule has 0 saturated carbocycles. The molecule has 0 spiro atoms. The molecular formula is C25H23N3O4. The van der Waals surface area contributed by atoms with Crippen molar-refractivity contribution in [2.24, 2.45) is 0 Å². The highest BCUT2D eigenvalue weighted by Crippen LogP contribution is 2.26. The van der Waals surface area contributed by atoms with Crippen LogP contribution in [-0.4, -0.2) is 28.0 Å². The van der Waals surface area contributed by atoms with E-state index in [9.17, 15) is 14.4 Å². The first kappa shape index (κ1) is 22.4. The van der Waals surface area contributed by atoms with Gasteiger partial charge in [0.1, 0.15) is 0 Å². The lowest BCUT2D eigenvalue weighted by Gasteiger charge is -2.12. The molecule has 0 aliphatic carbocycles. The number of nitrogens with one attached hydrogen (secondary N) is 2. The second-order valence-corrected chi connectivity index (χ2v) is 7.00. The van der Waals surface area contributed by atoms with Gasteiger partial charge in [0.05, 0.1) is 0 Å². The Morgan fingerprint density at radius 2 is 1.66 bits per heavy atom. The van der Waals surface area contributed by atoms with Gasteiger partial charge in [-0.2, -0.15) is 0 Å². The summed E-state index contributed by atoms with van der Waals surface area (Å²) in [4.78, 5) is 39.4. The SMILES string of the molecule is O=C(O)CCC/C=C(\c1cccnc1)c1cccc(NC(=O)NC(=O)c2ccccc2)c1. The number of nitrogens with zero attached hydrogens (tertiary/aromatic N) is 1. The van der Waals surface area contributed by atoms with Gasteiger partial charge in [-0.05, 0) is 54.3 Å². The monoisotopic (exact) mass is 429 g/mol. The molecule has 162 valence electrons. The molecule has 0 radical (unpaired) electrons. The highest BCUT2D eigenvalue weighted by atomic mass is 16.4. The van der Waals surface area contributed by atoms with Crippen molar-refractivity contribution >= 4 is 29.2 Å². The van der Waals surface area contributed by atoms with Crippen LogP contribution in [0.4, 0.5) is 10.5 Å². The number of carbonyl (C=O) groups is 3. The largest absolute Gasteiger partial charge is 0.481 e. The van der Waals surface area contributed by atoms with Gasteiger partial charge in [0.25, 0.3) is 5.91 Å². The molecule has 3 N–H and O–H groups in total. The minimum Gasteiger partial charge on any atom is -0.481 e. The number of carboxylic acids is 1. The summed E-state index contributed by atoms with van der Waals surface area (Å²) in [5.74, 6) is -1.32. The van der Waals surface area contributed by atoms with Crippen molar-refractivity contribution in [2.75, 3.05) is 5.32 Å². The van der Waals surface area contributed by atoms with Crippen LogP contribution in [0.5, 0.6) is 0 Å². The van der Waals surface area contributed by atoms with E-state index in [4.69, 9.17) is 5.11 Å².